The molecule has 2 aromatic rings. The van der Waals surface area contributed by atoms with Gasteiger partial charge in [0.1, 0.15) is 10.9 Å². The lowest BCUT2D eigenvalue weighted by Gasteiger charge is -2.39. The molecular weight excluding hydrogens is 335 g/mol. The number of nitrogens with zero attached hydrogens (tertiary/aromatic N) is 3. The number of alkyl halides is 3. The Bertz CT molecular complexity index is 818. The van der Waals surface area contributed by atoms with E-state index < -0.39 is 28.3 Å². The maximum atomic E-state index is 13.3. The first-order chi connectivity index (χ1) is 10.7. The molecule has 1 saturated heterocycles. The van der Waals surface area contributed by atoms with Gasteiger partial charge in [0.15, 0.2) is 0 Å². The number of pyridine rings is 1. The summed E-state index contributed by atoms with van der Waals surface area (Å²) in [6, 6.07) is 2.51. The van der Waals surface area contributed by atoms with Gasteiger partial charge in [-0.25, -0.2) is 12.9 Å². The van der Waals surface area contributed by atoms with E-state index in [-0.39, 0.29) is 23.6 Å². The summed E-state index contributed by atoms with van der Waals surface area (Å²) in [6.07, 6.45) is -3.41. The molecule has 0 aliphatic carbocycles. The summed E-state index contributed by atoms with van der Waals surface area (Å²) >= 11 is 0. The van der Waals surface area contributed by atoms with Crippen LogP contribution < -0.4 is 0 Å². The standard InChI is InChI=1S/C13H14F3N3O3S/c1-9-12(13(14,15)16)19(6-7-22-9)23(20,21)11-8-17-18-5-3-2-4-10(11)18/h2-5,8-9,12H,6-7H2,1H3/t9-,12-/m0/s1. The van der Waals surface area contributed by atoms with Crippen LogP contribution in [-0.4, -0.2) is 53.8 Å². The maximum absolute atomic E-state index is 13.3. The average molecular weight is 349 g/mol. The van der Waals surface area contributed by atoms with E-state index >= 15 is 0 Å². The molecule has 10 heteroatoms. The first-order valence-corrected chi connectivity index (χ1v) is 8.29. The minimum Gasteiger partial charge on any atom is -0.375 e. The van der Waals surface area contributed by atoms with Crippen molar-refractivity contribution in [1.82, 2.24) is 13.9 Å². The van der Waals surface area contributed by atoms with Gasteiger partial charge in [0.05, 0.1) is 24.4 Å². The zero-order valence-corrected chi connectivity index (χ0v) is 12.9. The van der Waals surface area contributed by atoms with Crippen molar-refractivity contribution in [2.75, 3.05) is 13.2 Å². The van der Waals surface area contributed by atoms with E-state index in [4.69, 9.17) is 4.74 Å². The number of ether oxygens (including phenoxy) is 1. The number of morpholine rings is 1. The third-order valence-electron chi connectivity index (χ3n) is 3.76. The Balaban J connectivity index is 2.10. The highest BCUT2D eigenvalue weighted by atomic mass is 32.2. The molecule has 1 aliphatic heterocycles. The van der Waals surface area contributed by atoms with Gasteiger partial charge in [-0.1, -0.05) is 6.07 Å². The number of rotatable bonds is 2. The molecule has 3 rings (SSSR count). The van der Waals surface area contributed by atoms with Crippen molar-refractivity contribution in [3.05, 3.63) is 30.6 Å². The summed E-state index contributed by atoms with van der Waals surface area (Å²) in [4.78, 5) is -0.249. The average Bonchev–Trinajstić information content (AvgIpc) is 2.90. The molecule has 0 radical (unpaired) electrons. The molecule has 0 amide bonds. The van der Waals surface area contributed by atoms with Crippen molar-refractivity contribution in [3.63, 3.8) is 0 Å². The molecule has 23 heavy (non-hydrogen) atoms. The molecule has 0 unspecified atom stereocenters. The van der Waals surface area contributed by atoms with Gasteiger partial charge >= 0.3 is 6.18 Å². The van der Waals surface area contributed by atoms with E-state index in [9.17, 15) is 21.6 Å². The molecule has 6 nitrogen and oxygen atoms in total. The van der Waals surface area contributed by atoms with Crippen LogP contribution in [0.5, 0.6) is 0 Å². The second kappa shape index (κ2) is 5.46. The highest BCUT2D eigenvalue weighted by molar-refractivity contribution is 7.89. The monoisotopic (exact) mass is 349 g/mol. The van der Waals surface area contributed by atoms with Gasteiger partial charge in [-0.05, 0) is 19.1 Å². The molecule has 0 aromatic carbocycles. The van der Waals surface area contributed by atoms with E-state index in [2.05, 4.69) is 5.10 Å². The summed E-state index contributed by atoms with van der Waals surface area (Å²) in [5.41, 5.74) is 0.229. The van der Waals surface area contributed by atoms with Crippen LogP contribution in [0.1, 0.15) is 6.92 Å². The van der Waals surface area contributed by atoms with Gasteiger partial charge in [0.25, 0.3) is 0 Å². The quantitative estimate of drug-likeness (QED) is 0.827. The molecule has 2 aromatic heterocycles. The van der Waals surface area contributed by atoms with Crippen molar-refractivity contribution in [3.8, 4) is 0 Å². The third kappa shape index (κ3) is 2.70. The number of halogens is 3. The molecule has 1 aliphatic rings. The summed E-state index contributed by atoms with van der Waals surface area (Å²) < 4.78 is 72.3. The molecule has 1 fully saturated rings. The van der Waals surface area contributed by atoms with Crippen molar-refractivity contribution in [2.45, 2.75) is 30.1 Å². The predicted octanol–water partition coefficient (Wildman–Crippen LogP) is 1.67. The van der Waals surface area contributed by atoms with E-state index in [1.165, 1.54) is 23.7 Å². The van der Waals surface area contributed by atoms with Gasteiger partial charge in [-0.15, -0.1) is 0 Å². The fourth-order valence-corrected chi connectivity index (χ4v) is 4.49. The highest BCUT2D eigenvalue weighted by Gasteiger charge is 2.53. The van der Waals surface area contributed by atoms with Crippen molar-refractivity contribution in [2.24, 2.45) is 0 Å². The van der Waals surface area contributed by atoms with Crippen LogP contribution in [0.15, 0.2) is 35.5 Å². The zero-order valence-electron chi connectivity index (χ0n) is 12.1. The fourth-order valence-electron chi connectivity index (χ4n) is 2.73. The third-order valence-corrected chi connectivity index (χ3v) is 5.66. The molecule has 2 atom stereocenters. The molecular formula is C13H14F3N3O3S. The first-order valence-electron chi connectivity index (χ1n) is 6.85. The predicted molar refractivity (Wildman–Crippen MR) is 74.3 cm³/mol. The van der Waals surface area contributed by atoms with E-state index in [0.717, 1.165) is 6.20 Å². The van der Waals surface area contributed by atoms with Gasteiger partial charge in [-0.3, -0.25) is 0 Å². The van der Waals surface area contributed by atoms with Crippen molar-refractivity contribution in [1.29, 1.82) is 0 Å². The molecule has 126 valence electrons. The Hall–Kier alpha value is -1.65. The van der Waals surface area contributed by atoms with Crippen LogP contribution >= 0.6 is 0 Å². The van der Waals surface area contributed by atoms with E-state index in [1.54, 1.807) is 12.1 Å². The van der Waals surface area contributed by atoms with Crippen LogP contribution in [0.25, 0.3) is 5.52 Å². The second-order valence-corrected chi connectivity index (χ2v) is 7.08. The Morgan fingerprint density at radius 3 is 2.78 bits per heavy atom. The largest absolute Gasteiger partial charge is 0.407 e. The summed E-state index contributed by atoms with van der Waals surface area (Å²) in [7, 11) is -4.36. The Morgan fingerprint density at radius 2 is 2.09 bits per heavy atom. The van der Waals surface area contributed by atoms with Gasteiger partial charge < -0.3 is 4.74 Å². The van der Waals surface area contributed by atoms with Crippen molar-refractivity contribution < 1.29 is 26.3 Å². The fraction of sp³-hybridized carbons (Fsp3) is 0.462. The van der Waals surface area contributed by atoms with Crippen LogP contribution in [0.4, 0.5) is 13.2 Å². The van der Waals surface area contributed by atoms with Crippen molar-refractivity contribution >= 4 is 15.5 Å². The Morgan fingerprint density at radius 1 is 1.35 bits per heavy atom. The highest BCUT2D eigenvalue weighted by Crippen LogP contribution is 2.35. The normalized spacial score (nSPS) is 24.2. The lowest BCUT2D eigenvalue weighted by molar-refractivity contribution is -0.214. The maximum Gasteiger partial charge on any atom is 0.407 e. The second-order valence-electron chi connectivity index (χ2n) is 5.22. The first kappa shape index (κ1) is 16.2. The van der Waals surface area contributed by atoms with Gasteiger partial charge in [0, 0.05) is 12.7 Å². The molecule has 0 N–H and O–H groups in total. The molecule has 0 bridgehead atoms. The smallest absolute Gasteiger partial charge is 0.375 e. The number of aromatic nitrogens is 2. The van der Waals surface area contributed by atoms with Crippen LogP contribution in [0, 0.1) is 0 Å². The Kier molecular flexibility index (Phi) is 3.85. The molecule has 0 spiro atoms. The van der Waals surface area contributed by atoms with E-state index in [1.807, 2.05) is 0 Å². The van der Waals surface area contributed by atoms with E-state index in [0.29, 0.717) is 4.31 Å². The number of fused-ring (bicyclic) bond motifs is 1. The lowest BCUT2D eigenvalue weighted by atomic mass is 10.1. The van der Waals surface area contributed by atoms with Crippen LogP contribution in [0.3, 0.4) is 0 Å². The number of hydrogen-bond acceptors (Lipinski definition) is 4. The summed E-state index contributed by atoms with van der Waals surface area (Å²) in [5, 5.41) is 3.88. The molecule has 3 heterocycles. The topological polar surface area (TPSA) is 63.9 Å². The number of sulfonamides is 1. The summed E-state index contributed by atoms with van der Waals surface area (Å²) in [5.74, 6) is 0. The lowest BCUT2D eigenvalue weighted by Crippen LogP contribution is -2.59. The zero-order chi connectivity index (χ0) is 16.8. The Labute approximate surface area is 130 Å². The van der Waals surface area contributed by atoms with Crippen LogP contribution in [-0.2, 0) is 14.8 Å². The SMILES string of the molecule is C[C@@H]1OCCN(S(=O)(=O)c2cnn3ccccc23)[C@@H]1C(F)(F)F. The molecule has 0 saturated carbocycles. The van der Waals surface area contributed by atoms with Gasteiger partial charge in [-0.2, -0.15) is 22.6 Å². The van der Waals surface area contributed by atoms with Gasteiger partial charge in [0.2, 0.25) is 10.0 Å². The number of hydrogen-bond donors (Lipinski definition) is 0. The minimum atomic E-state index is -4.73. The van der Waals surface area contributed by atoms with Crippen LogP contribution in [0.2, 0.25) is 0 Å². The summed E-state index contributed by atoms with van der Waals surface area (Å²) in [6.45, 7) is 0.767. The minimum absolute atomic E-state index is 0.0911.